The van der Waals surface area contributed by atoms with Crippen molar-refractivity contribution in [3.8, 4) is 0 Å². The summed E-state index contributed by atoms with van der Waals surface area (Å²) in [5.74, 6) is 0. The van der Waals surface area contributed by atoms with Crippen LogP contribution in [0.15, 0.2) is 47.6 Å². The van der Waals surface area contributed by atoms with Gasteiger partial charge in [-0.2, -0.15) is 18.3 Å². The van der Waals surface area contributed by atoms with Crippen LogP contribution in [0, 0.1) is 0 Å². The number of benzene rings is 2. The van der Waals surface area contributed by atoms with Gasteiger partial charge in [-0.3, -0.25) is 5.43 Å². The molecule has 0 radical (unpaired) electrons. The maximum atomic E-state index is 12.9. The van der Waals surface area contributed by atoms with Crippen molar-refractivity contribution in [2.24, 2.45) is 5.10 Å². The Labute approximate surface area is 165 Å². The molecule has 0 aromatic heterocycles. The van der Waals surface area contributed by atoms with E-state index in [4.69, 9.17) is 23.8 Å². The summed E-state index contributed by atoms with van der Waals surface area (Å²) in [4.78, 5) is 0. The van der Waals surface area contributed by atoms with E-state index in [1.165, 1.54) is 11.6 Å². The molecule has 0 amide bonds. The number of hydrogen-bond acceptors (Lipinski definition) is 2. The van der Waals surface area contributed by atoms with Gasteiger partial charge in [-0.1, -0.05) is 35.9 Å². The van der Waals surface area contributed by atoms with Gasteiger partial charge in [0.25, 0.3) is 0 Å². The lowest BCUT2D eigenvalue weighted by atomic mass is 10.0. The number of thiocarbonyl (C=S) groups is 1. The van der Waals surface area contributed by atoms with Crippen LogP contribution in [0.4, 0.5) is 18.9 Å². The van der Waals surface area contributed by atoms with Gasteiger partial charge in [-0.15, -0.1) is 0 Å². The summed E-state index contributed by atoms with van der Waals surface area (Å²) in [6.45, 7) is 0. The molecule has 0 aliphatic heterocycles. The fourth-order valence-electron chi connectivity index (χ4n) is 2.94. The highest BCUT2D eigenvalue weighted by atomic mass is 35.5. The Balaban J connectivity index is 1.75. The van der Waals surface area contributed by atoms with Gasteiger partial charge in [0.05, 0.1) is 22.0 Å². The largest absolute Gasteiger partial charge is 0.416 e. The molecule has 0 atom stereocenters. The second-order valence-electron chi connectivity index (χ2n) is 6.18. The van der Waals surface area contributed by atoms with E-state index in [1.54, 1.807) is 0 Å². The third kappa shape index (κ3) is 4.99. The zero-order chi connectivity index (χ0) is 19.4. The van der Waals surface area contributed by atoms with E-state index in [1.807, 2.05) is 18.2 Å². The first kappa shape index (κ1) is 19.6. The van der Waals surface area contributed by atoms with Gasteiger partial charge >= 0.3 is 6.18 Å². The van der Waals surface area contributed by atoms with Crippen LogP contribution in [0.25, 0.3) is 0 Å². The Bertz CT molecular complexity index is 881. The van der Waals surface area contributed by atoms with Crippen molar-refractivity contribution >= 4 is 40.3 Å². The lowest BCUT2D eigenvalue weighted by Crippen LogP contribution is -2.26. The highest BCUT2D eigenvalue weighted by Gasteiger charge is 2.31. The minimum absolute atomic E-state index is 0.0745. The van der Waals surface area contributed by atoms with Gasteiger partial charge in [-0.05, 0) is 61.7 Å². The molecule has 8 heteroatoms. The van der Waals surface area contributed by atoms with Crippen LogP contribution in [-0.4, -0.2) is 10.8 Å². The molecular formula is C19H17ClF3N3S. The molecule has 0 fully saturated rings. The van der Waals surface area contributed by atoms with E-state index in [9.17, 15) is 13.2 Å². The van der Waals surface area contributed by atoms with Crippen molar-refractivity contribution in [3.63, 3.8) is 0 Å². The van der Waals surface area contributed by atoms with Gasteiger partial charge in [-0.25, -0.2) is 0 Å². The molecule has 2 aromatic rings. The Hall–Kier alpha value is -2.12. The van der Waals surface area contributed by atoms with Crippen molar-refractivity contribution in [1.82, 2.24) is 5.43 Å². The number of aryl methyl sites for hydroxylation is 1. The van der Waals surface area contributed by atoms with Crippen molar-refractivity contribution in [3.05, 3.63) is 64.2 Å². The number of alkyl halides is 3. The van der Waals surface area contributed by atoms with Crippen LogP contribution in [0.1, 0.15) is 36.0 Å². The molecule has 142 valence electrons. The molecule has 0 spiro atoms. The molecule has 2 N–H and O–H groups in total. The predicted molar refractivity (Wildman–Crippen MR) is 106 cm³/mol. The lowest BCUT2D eigenvalue weighted by molar-refractivity contribution is -0.137. The molecule has 3 nitrogen and oxygen atoms in total. The first-order valence-electron chi connectivity index (χ1n) is 8.43. The predicted octanol–water partition coefficient (Wildman–Crippen LogP) is 5.78. The molecule has 0 saturated carbocycles. The summed E-state index contributed by atoms with van der Waals surface area (Å²) in [6, 6.07) is 11.1. The zero-order valence-electron chi connectivity index (χ0n) is 14.2. The zero-order valence-corrected chi connectivity index (χ0v) is 15.8. The fourth-order valence-corrected chi connectivity index (χ4v) is 3.26. The number of rotatable bonds is 2. The minimum Gasteiger partial charge on any atom is -0.330 e. The molecule has 0 heterocycles. The summed E-state index contributed by atoms with van der Waals surface area (Å²) in [6.07, 6.45) is -0.567. The van der Waals surface area contributed by atoms with E-state index in [2.05, 4.69) is 21.9 Å². The molecule has 1 aliphatic carbocycles. The van der Waals surface area contributed by atoms with Crippen LogP contribution in [0.3, 0.4) is 0 Å². The Morgan fingerprint density at radius 3 is 2.59 bits per heavy atom. The molecule has 0 bridgehead atoms. The lowest BCUT2D eigenvalue weighted by Gasteiger charge is -2.13. The summed E-state index contributed by atoms with van der Waals surface area (Å²) >= 11 is 11.1. The van der Waals surface area contributed by atoms with E-state index in [0.29, 0.717) is 0 Å². The normalized spacial score (nSPS) is 15.8. The topological polar surface area (TPSA) is 36.4 Å². The summed E-state index contributed by atoms with van der Waals surface area (Å²) in [5, 5.41) is 7.28. The van der Waals surface area contributed by atoms with Gasteiger partial charge in [0.15, 0.2) is 5.11 Å². The van der Waals surface area contributed by atoms with Crippen LogP contribution < -0.4 is 10.7 Å². The Morgan fingerprint density at radius 2 is 1.81 bits per heavy atom. The smallest absolute Gasteiger partial charge is 0.330 e. The first-order chi connectivity index (χ1) is 12.8. The van der Waals surface area contributed by atoms with Gasteiger partial charge in [0.2, 0.25) is 0 Å². The molecule has 0 saturated heterocycles. The van der Waals surface area contributed by atoms with Crippen LogP contribution in [0.5, 0.6) is 0 Å². The standard InChI is InChI=1S/C19H17ClF3N3S/c20-15-10-9-13(19(21,22)23)11-17(15)24-18(27)26-25-16-8-4-2-6-12-5-1-3-7-14(12)16/h1,3,5,7,9-11H,2,4,6,8H2,(H2,24,26,27)/b25-16+. The highest BCUT2D eigenvalue weighted by Crippen LogP contribution is 2.33. The summed E-state index contributed by atoms with van der Waals surface area (Å²) in [7, 11) is 0. The maximum Gasteiger partial charge on any atom is 0.416 e. The maximum absolute atomic E-state index is 12.9. The minimum atomic E-state index is -4.46. The molecule has 2 aromatic carbocycles. The Morgan fingerprint density at radius 1 is 1.07 bits per heavy atom. The molecule has 1 aliphatic rings. The highest BCUT2D eigenvalue weighted by molar-refractivity contribution is 7.80. The molecule has 27 heavy (non-hydrogen) atoms. The number of hydrogen-bond donors (Lipinski definition) is 2. The van der Waals surface area contributed by atoms with E-state index in [0.717, 1.165) is 49.1 Å². The second kappa shape index (κ2) is 8.27. The van der Waals surface area contributed by atoms with Crippen molar-refractivity contribution in [2.75, 3.05) is 5.32 Å². The average molecular weight is 412 g/mol. The van der Waals surface area contributed by atoms with Crippen LogP contribution >= 0.6 is 23.8 Å². The average Bonchev–Trinajstić information content (AvgIpc) is 2.83. The van der Waals surface area contributed by atoms with Crippen LogP contribution in [0.2, 0.25) is 5.02 Å². The number of anilines is 1. The number of fused-ring (bicyclic) bond motifs is 1. The number of hydrazone groups is 1. The molecule has 3 rings (SSSR count). The van der Waals surface area contributed by atoms with Crippen molar-refractivity contribution in [2.45, 2.75) is 31.9 Å². The third-order valence-electron chi connectivity index (χ3n) is 4.27. The van der Waals surface area contributed by atoms with Crippen molar-refractivity contribution in [1.29, 1.82) is 0 Å². The van der Waals surface area contributed by atoms with E-state index < -0.39 is 11.7 Å². The number of nitrogens with zero attached hydrogens (tertiary/aromatic N) is 1. The third-order valence-corrected chi connectivity index (χ3v) is 4.80. The van der Waals surface area contributed by atoms with E-state index >= 15 is 0 Å². The van der Waals surface area contributed by atoms with Crippen LogP contribution in [-0.2, 0) is 12.6 Å². The van der Waals surface area contributed by atoms with Gasteiger partial charge in [0.1, 0.15) is 0 Å². The first-order valence-corrected chi connectivity index (χ1v) is 9.22. The number of halogens is 4. The SMILES string of the molecule is FC(F)(F)c1ccc(Cl)c(NC(=S)N/N=C2\CCCCc3ccccc32)c1. The van der Waals surface area contributed by atoms with Crippen molar-refractivity contribution < 1.29 is 13.2 Å². The molecular weight excluding hydrogens is 395 g/mol. The van der Waals surface area contributed by atoms with Gasteiger partial charge in [0, 0.05) is 5.56 Å². The summed E-state index contributed by atoms with van der Waals surface area (Å²) < 4.78 is 38.6. The van der Waals surface area contributed by atoms with E-state index in [-0.39, 0.29) is 15.8 Å². The fraction of sp³-hybridized carbons (Fsp3) is 0.263. The number of nitrogens with one attached hydrogen (secondary N) is 2. The quantitative estimate of drug-likeness (QED) is 0.374. The van der Waals surface area contributed by atoms with Gasteiger partial charge < -0.3 is 5.32 Å². The monoisotopic (exact) mass is 411 g/mol. The molecule has 0 unspecified atom stereocenters. The Kier molecular flexibility index (Phi) is 6.01. The second-order valence-corrected chi connectivity index (χ2v) is 7.00. The summed E-state index contributed by atoms with van der Waals surface area (Å²) in [5.41, 5.74) is 5.17.